The van der Waals surface area contributed by atoms with Crippen molar-refractivity contribution in [3.05, 3.63) is 35.9 Å². The molecule has 1 aromatic rings. The summed E-state index contributed by atoms with van der Waals surface area (Å²) in [5, 5.41) is 3.05. The van der Waals surface area contributed by atoms with Crippen molar-refractivity contribution < 1.29 is 8.42 Å². The Morgan fingerprint density at radius 1 is 1.15 bits per heavy atom. The number of sulfonamides is 1. The van der Waals surface area contributed by atoms with E-state index in [1.54, 1.807) is 0 Å². The minimum absolute atomic E-state index is 0.0551. The monoisotopic (exact) mass is 294 g/mol. The Bertz CT molecular complexity index is 536. The van der Waals surface area contributed by atoms with Gasteiger partial charge in [0.15, 0.2) is 0 Å². The lowest BCUT2D eigenvalue weighted by molar-refractivity contribution is 0.520. The average Bonchev–Trinajstić information content (AvgIpc) is 3.24. The molecule has 2 N–H and O–H groups in total. The molecule has 1 saturated carbocycles. The van der Waals surface area contributed by atoms with Gasteiger partial charge in [-0.3, -0.25) is 0 Å². The molecular formula is C15H22N2O2S. The minimum Gasteiger partial charge on any atom is -0.315 e. The minimum atomic E-state index is -3.19. The number of rotatable bonds is 4. The molecule has 0 radical (unpaired) electrons. The number of nitrogens with one attached hydrogen (secondary N) is 2. The molecule has 3 unspecified atom stereocenters. The third kappa shape index (κ3) is 3.22. The Balaban J connectivity index is 1.62. The molecule has 2 fully saturated rings. The van der Waals surface area contributed by atoms with Crippen LogP contribution in [0.15, 0.2) is 30.3 Å². The summed E-state index contributed by atoms with van der Waals surface area (Å²) in [6.07, 6.45) is 3.91. The van der Waals surface area contributed by atoms with Crippen LogP contribution in [0.4, 0.5) is 0 Å². The highest BCUT2D eigenvalue weighted by Gasteiger charge is 2.48. The van der Waals surface area contributed by atoms with E-state index in [0.29, 0.717) is 0 Å². The highest BCUT2D eigenvalue weighted by atomic mass is 32.2. The van der Waals surface area contributed by atoms with Crippen molar-refractivity contribution >= 4 is 10.0 Å². The van der Waals surface area contributed by atoms with E-state index in [4.69, 9.17) is 0 Å². The van der Waals surface area contributed by atoms with Crippen molar-refractivity contribution in [1.82, 2.24) is 10.0 Å². The summed E-state index contributed by atoms with van der Waals surface area (Å²) in [6.45, 7) is 1.75. The molecule has 5 heteroatoms. The van der Waals surface area contributed by atoms with Crippen LogP contribution in [0.2, 0.25) is 0 Å². The van der Waals surface area contributed by atoms with Crippen LogP contribution in [0.3, 0.4) is 0 Å². The van der Waals surface area contributed by atoms with Crippen molar-refractivity contribution in [2.45, 2.75) is 42.9 Å². The second-order valence-corrected chi connectivity index (χ2v) is 7.78. The van der Waals surface area contributed by atoms with Gasteiger partial charge < -0.3 is 5.32 Å². The van der Waals surface area contributed by atoms with Crippen LogP contribution in [0.5, 0.6) is 0 Å². The second-order valence-electron chi connectivity index (χ2n) is 5.85. The largest absolute Gasteiger partial charge is 0.315 e. The molecule has 2 aliphatic rings. The fourth-order valence-electron chi connectivity index (χ4n) is 3.00. The zero-order valence-corrected chi connectivity index (χ0v) is 12.4. The SMILES string of the molecule is O=S(=O)(NC1CCCCNC1)C1CC1c1ccccc1. The standard InChI is InChI=1S/C15H22N2O2S/c18-20(19,17-13-8-4-5-9-16-11-13)15-10-14(15)12-6-2-1-3-7-12/h1-3,6-7,13-17H,4-5,8-11H2. The van der Waals surface area contributed by atoms with Crippen LogP contribution < -0.4 is 10.0 Å². The van der Waals surface area contributed by atoms with Gasteiger partial charge in [0.05, 0.1) is 5.25 Å². The molecule has 1 aliphatic heterocycles. The number of hydrogen-bond donors (Lipinski definition) is 2. The fourth-order valence-corrected chi connectivity index (χ4v) is 4.90. The molecule has 4 nitrogen and oxygen atoms in total. The van der Waals surface area contributed by atoms with Gasteiger partial charge >= 0.3 is 0 Å². The molecule has 1 aliphatic carbocycles. The Morgan fingerprint density at radius 3 is 2.75 bits per heavy atom. The van der Waals surface area contributed by atoms with Crippen molar-refractivity contribution in [1.29, 1.82) is 0 Å². The van der Waals surface area contributed by atoms with Crippen LogP contribution in [0, 0.1) is 0 Å². The van der Waals surface area contributed by atoms with E-state index in [0.717, 1.165) is 44.3 Å². The van der Waals surface area contributed by atoms with Crippen LogP contribution in [-0.4, -0.2) is 32.8 Å². The van der Waals surface area contributed by atoms with Crippen molar-refractivity contribution in [2.24, 2.45) is 0 Å². The summed E-state index contributed by atoms with van der Waals surface area (Å²) in [4.78, 5) is 0. The summed E-state index contributed by atoms with van der Waals surface area (Å²) in [6, 6.07) is 10.0. The summed E-state index contributed by atoms with van der Waals surface area (Å²) in [7, 11) is -3.19. The maximum atomic E-state index is 12.4. The van der Waals surface area contributed by atoms with Crippen LogP contribution >= 0.6 is 0 Å². The maximum Gasteiger partial charge on any atom is 0.215 e. The van der Waals surface area contributed by atoms with Crippen molar-refractivity contribution in [3.8, 4) is 0 Å². The summed E-state index contributed by atoms with van der Waals surface area (Å²) >= 11 is 0. The van der Waals surface area contributed by atoms with Crippen LogP contribution in [0.25, 0.3) is 0 Å². The Morgan fingerprint density at radius 2 is 1.95 bits per heavy atom. The smallest absolute Gasteiger partial charge is 0.215 e. The zero-order valence-electron chi connectivity index (χ0n) is 11.6. The van der Waals surface area contributed by atoms with Crippen molar-refractivity contribution in [2.75, 3.05) is 13.1 Å². The number of benzene rings is 1. The van der Waals surface area contributed by atoms with E-state index in [1.807, 2.05) is 30.3 Å². The average molecular weight is 294 g/mol. The molecule has 3 rings (SSSR count). The maximum absolute atomic E-state index is 12.4. The first-order chi connectivity index (χ1) is 9.67. The van der Waals surface area contributed by atoms with Gasteiger partial charge in [0, 0.05) is 18.5 Å². The molecule has 0 bridgehead atoms. The molecule has 3 atom stereocenters. The van der Waals surface area contributed by atoms with Gasteiger partial charge in [0.25, 0.3) is 0 Å². The van der Waals surface area contributed by atoms with E-state index in [9.17, 15) is 8.42 Å². The van der Waals surface area contributed by atoms with E-state index in [2.05, 4.69) is 10.0 Å². The molecule has 110 valence electrons. The van der Waals surface area contributed by atoms with Gasteiger partial charge in [-0.05, 0) is 31.4 Å². The van der Waals surface area contributed by atoms with E-state index < -0.39 is 10.0 Å². The topological polar surface area (TPSA) is 58.2 Å². The van der Waals surface area contributed by atoms with E-state index in [-0.39, 0.29) is 17.2 Å². The first-order valence-corrected chi connectivity index (χ1v) is 8.98. The van der Waals surface area contributed by atoms with E-state index >= 15 is 0 Å². The van der Waals surface area contributed by atoms with Crippen molar-refractivity contribution in [3.63, 3.8) is 0 Å². The van der Waals surface area contributed by atoms with Crippen LogP contribution in [0.1, 0.15) is 37.2 Å². The highest BCUT2D eigenvalue weighted by Crippen LogP contribution is 2.45. The fraction of sp³-hybridized carbons (Fsp3) is 0.600. The lowest BCUT2D eigenvalue weighted by atomic mass is 10.1. The number of hydrogen-bond acceptors (Lipinski definition) is 3. The highest BCUT2D eigenvalue weighted by molar-refractivity contribution is 7.90. The second kappa shape index (κ2) is 5.84. The zero-order chi connectivity index (χ0) is 14.0. The Labute approximate surface area is 121 Å². The van der Waals surface area contributed by atoms with Gasteiger partial charge in [0.2, 0.25) is 10.0 Å². The lowest BCUT2D eigenvalue weighted by Crippen LogP contribution is -2.42. The Hall–Kier alpha value is -0.910. The van der Waals surface area contributed by atoms with Gasteiger partial charge in [-0.1, -0.05) is 36.8 Å². The third-order valence-electron chi connectivity index (χ3n) is 4.24. The Kier molecular flexibility index (Phi) is 4.10. The van der Waals surface area contributed by atoms with Crippen LogP contribution in [-0.2, 0) is 10.0 Å². The van der Waals surface area contributed by atoms with Gasteiger partial charge in [-0.2, -0.15) is 0 Å². The molecular weight excluding hydrogens is 272 g/mol. The molecule has 1 heterocycles. The summed E-state index contributed by atoms with van der Waals surface area (Å²) in [5.74, 6) is 0.174. The molecule has 1 saturated heterocycles. The summed E-state index contributed by atoms with van der Waals surface area (Å²) < 4.78 is 27.7. The molecule has 0 spiro atoms. The summed E-state index contributed by atoms with van der Waals surface area (Å²) in [5.41, 5.74) is 1.14. The van der Waals surface area contributed by atoms with Gasteiger partial charge in [-0.15, -0.1) is 0 Å². The van der Waals surface area contributed by atoms with Gasteiger partial charge in [0.1, 0.15) is 0 Å². The first kappa shape index (κ1) is 14.0. The molecule has 20 heavy (non-hydrogen) atoms. The predicted molar refractivity (Wildman–Crippen MR) is 80.2 cm³/mol. The van der Waals surface area contributed by atoms with E-state index in [1.165, 1.54) is 0 Å². The first-order valence-electron chi connectivity index (χ1n) is 7.43. The molecule has 0 aromatic heterocycles. The lowest BCUT2D eigenvalue weighted by Gasteiger charge is -2.16. The third-order valence-corrected chi connectivity index (χ3v) is 6.22. The predicted octanol–water partition coefficient (Wildman–Crippen LogP) is 1.60. The normalized spacial score (nSPS) is 30.7. The quantitative estimate of drug-likeness (QED) is 0.887. The van der Waals surface area contributed by atoms with Gasteiger partial charge in [-0.25, -0.2) is 13.1 Å². The molecule has 1 aromatic carbocycles. The molecule has 0 amide bonds.